The Balaban J connectivity index is 2.57. The predicted molar refractivity (Wildman–Crippen MR) is 112 cm³/mol. The molecule has 0 heterocycles. The first kappa shape index (κ1) is 20.6. The summed E-state index contributed by atoms with van der Waals surface area (Å²) < 4.78 is 11.6. The molecule has 0 saturated heterocycles. The van der Waals surface area contributed by atoms with Crippen LogP contribution >= 0.6 is 0 Å². The van der Waals surface area contributed by atoms with Gasteiger partial charge < -0.3 is 9.47 Å². The van der Waals surface area contributed by atoms with Crippen molar-refractivity contribution >= 4 is 0 Å². The van der Waals surface area contributed by atoms with E-state index in [-0.39, 0.29) is 16.2 Å². The van der Waals surface area contributed by atoms with Gasteiger partial charge in [-0.3, -0.25) is 0 Å². The quantitative estimate of drug-likeness (QED) is 0.606. The number of hydrogen-bond acceptors (Lipinski definition) is 2. The van der Waals surface area contributed by atoms with Crippen LogP contribution in [0.15, 0.2) is 35.4 Å². The third-order valence-corrected chi connectivity index (χ3v) is 5.62. The summed E-state index contributed by atoms with van der Waals surface area (Å²) in [6, 6.07) is 4.25. The molecule has 2 rings (SSSR count). The number of allylic oxidation sites excluding steroid dienone is 4. The first-order chi connectivity index (χ1) is 11.8. The van der Waals surface area contributed by atoms with Crippen molar-refractivity contribution < 1.29 is 9.47 Å². The molecule has 0 amide bonds. The topological polar surface area (TPSA) is 18.5 Å². The van der Waals surface area contributed by atoms with E-state index in [1.165, 1.54) is 22.3 Å². The Morgan fingerprint density at radius 1 is 0.692 bits per heavy atom. The Bertz CT molecular complexity index is 735. The lowest BCUT2D eigenvalue weighted by Gasteiger charge is -2.34. The molecule has 1 aliphatic carbocycles. The lowest BCUT2D eigenvalue weighted by Crippen LogP contribution is -2.24. The number of rotatable bonds is 4. The van der Waals surface area contributed by atoms with E-state index < -0.39 is 0 Å². The first-order valence-electron chi connectivity index (χ1n) is 9.50. The van der Waals surface area contributed by atoms with Gasteiger partial charge in [-0.2, -0.15) is 0 Å². The van der Waals surface area contributed by atoms with E-state index in [2.05, 4.69) is 79.7 Å². The van der Waals surface area contributed by atoms with Crippen LogP contribution in [0.2, 0.25) is 0 Å². The average molecular weight is 357 g/mol. The van der Waals surface area contributed by atoms with Crippen LogP contribution in [0.25, 0.3) is 0 Å². The lowest BCUT2D eigenvalue weighted by atomic mass is 9.72. The Morgan fingerprint density at radius 3 is 1.65 bits per heavy atom. The maximum Gasteiger partial charge on any atom is 0.126 e. The van der Waals surface area contributed by atoms with E-state index in [0.717, 1.165) is 17.9 Å². The van der Waals surface area contributed by atoms with E-state index in [1.807, 2.05) is 0 Å². The van der Waals surface area contributed by atoms with Crippen molar-refractivity contribution in [3.63, 3.8) is 0 Å². The highest BCUT2D eigenvalue weighted by Crippen LogP contribution is 2.48. The zero-order valence-electron chi connectivity index (χ0n) is 18.3. The van der Waals surface area contributed by atoms with E-state index in [4.69, 9.17) is 9.47 Å². The molecule has 1 aliphatic rings. The van der Waals surface area contributed by atoms with Crippen molar-refractivity contribution in [3.05, 3.63) is 46.6 Å². The molecule has 1 aromatic rings. The second kappa shape index (κ2) is 6.79. The fourth-order valence-corrected chi connectivity index (χ4v) is 3.60. The molecule has 2 heteroatoms. The lowest BCUT2D eigenvalue weighted by molar-refractivity contribution is 0.373. The Labute approximate surface area is 160 Å². The molecule has 0 aliphatic heterocycles. The molecule has 144 valence electrons. The predicted octanol–water partition coefficient (Wildman–Crippen LogP) is 6.58. The zero-order valence-corrected chi connectivity index (χ0v) is 18.3. The van der Waals surface area contributed by atoms with E-state index in [9.17, 15) is 0 Å². The maximum atomic E-state index is 5.94. The van der Waals surface area contributed by atoms with Gasteiger partial charge in [0.15, 0.2) is 0 Å². The van der Waals surface area contributed by atoms with Crippen molar-refractivity contribution in [1.29, 1.82) is 0 Å². The molecule has 0 aromatic heterocycles. The van der Waals surface area contributed by atoms with Gasteiger partial charge in [0, 0.05) is 16.5 Å². The highest BCUT2D eigenvalue weighted by molar-refractivity contribution is 5.57. The summed E-state index contributed by atoms with van der Waals surface area (Å²) in [6.45, 7) is 18.1. The van der Waals surface area contributed by atoms with Crippen LogP contribution in [-0.2, 0) is 10.8 Å². The van der Waals surface area contributed by atoms with Crippen LogP contribution < -0.4 is 9.47 Å². The zero-order chi connectivity index (χ0) is 19.9. The molecule has 0 radical (unpaired) electrons. The van der Waals surface area contributed by atoms with Gasteiger partial charge in [0.2, 0.25) is 0 Å². The number of hydrogen-bond donors (Lipinski definition) is 0. The van der Waals surface area contributed by atoms with Crippen molar-refractivity contribution in [2.75, 3.05) is 14.2 Å². The van der Waals surface area contributed by atoms with Crippen LogP contribution in [0.4, 0.5) is 0 Å². The van der Waals surface area contributed by atoms with Crippen LogP contribution in [0.1, 0.15) is 72.9 Å². The summed E-state index contributed by atoms with van der Waals surface area (Å²) in [7, 11) is 3.51. The molecule has 0 fully saturated rings. The molecular weight excluding hydrogens is 320 g/mol. The Hall–Kier alpha value is -1.70. The van der Waals surface area contributed by atoms with Crippen molar-refractivity contribution in [2.24, 2.45) is 5.41 Å². The Morgan fingerprint density at radius 2 is 1.23 bits per heavy atom. The van der Waals surface area contributed by atoms with Gasteiger partial charge >= 0.3 is 0 Å². The van der Waals surface area contributed by atoms with Gasteiger partial charge in [0.05, 0.1) is 14.2 Å². The van der Waals surface area contributed by atoms with Gasteiger partial charge in [0.1, 0.15) is 11.5 Å². The fourth-order valence-electron chi connectivity index (χ4n) is 3.60. The molecule has 0 unspecified atom stereocenters. The molecular formula is C24H36O2. The summed E-state index contributed by atoms with van der Waals surface area (Å²) in [5.41, 5.74) is 5.33. The van der Waals surface area contributed by atoms with Crippen LogP contribution in [0.5, 0.6) is 11.5 Å². The molecule has 0 N–H and O–H groups in total. The summed E-state index contributed by atoms with van der Waals surface area (Å²) in [5.74, 6) is 1.87. The normalized spacial score (nSPS) is 15.6. The number of benzene rings is 1. The number of methoxy groups -OCH3 is 2. The summed E-state index contributed by atoms with van der Waals surface area (Å²) in [5, 5.41) is 0. The smallest absolute Gasteiger partial charge is 0.126 e. The third-order valence-electron chi connectivity index (χ3n) is 5.62. The summed E-state index contributed by atoms with van der Waals surface area (Å²) >= 11 is 0. The molecule has 1 aromatic carbocycles. The molecule has 0 bridgehead atoms. The van der Waals surface area contributed by atoms with Gasteiger partial charge in [-0.1, -0.05) is 78.7 Å². The van der Waals surface area contributed by atoms with E-state index in [1.54, 1.807) is 14.2 Å². The van der Waals surface area contributed by atoms with Gasteiger partial charge in [-0.25, -0.2) is 0 Å². The first-order valence-corrected chi connectivity index (χ1v) is 9.50. The van der Waals surface area contributed by atoms with Crippen molar-refractivity contribution in [2.45, 2.75) is 72.6 Å². The molecule has 0 atom stereocenters. The maximum absolute atomic E-state index is 5.94. The van der Waals surface area contributed by atoms with Crippen LogP contribution in [0, 0.1) is 5.41 Å². The van der Waals surface area contributed by atoms with Crippen LogP contribution in [-0.4, -0.2) is 14.2 Å². The van der Waals surface area contributed by atoms with Crippen molar-refractivity contribution in [1.82, 2.24) is 0 Å². The van der Waals surface area contributed by atoms with Gasteiger partial charge in [-0.15, -0.1) is 0 Å². The molecule has 26 heavy (non-hydrogen) atoms. The monoisotopic (exact) mass is 356 g/mol. The highest BCUT2D eigenvalue weighted by Gasteiger charge is 2.35. The molecule has 0 spiro atoms. The van der Waals surface area contributed by atoms with Crippen LogP contribution in [0.3, 0.4) is 0 Å². The van der Waals surface area contributed by atoms with E-state index in [0.29, 0.717) is 0 Å². The number of ether oxygens (including phenoxy) is 2. The average Bonchev–Trinajstić information content (AvgIpc) is 3.03. The molecule has 0 saturated carbocycles. The summed E-state index contributed by atoms with van der Waals surface area (Å²) in [4.78, 5) is 0. The second-order valence-corrected chi connectivity index (χ2v) is 9.94. The van der Waals surface area contributed by atoms with Crippen molar-refractivity contribution in [3.8, 4) is 11.5 Å². The van der Waals surface area contributed by atoms with E-state index >= 15 is 0 Å². The fraction of sp³-hybridized carbons (Fsp3) is 0.583. The molecule has 2 nitrogen and oxygen atoms in total. The minimum absolute atomic E-state index is 0.0242. The largest absolute Gasteiger partial charge is 0.497 e. The van der Waals surface area contributed by atoms with Gasteiger partial charge in [0.25, 0.3) is 0 Å². The minimum atomic E-state index is -0.136. The standard InChI is InChI=1S/C24H36O2/c1-22(2,3)16-11-12-17(13-16)24(7,8)20-15-18(25-9)14-19(21(20)26-10)23(4,5)6/h11-12,14-15H,13H2,1-10H3. The SMILES string of the molecule is COc1cc(C(C)(C)C)c(OC)c(C(C)(C)C2=CC=C(C(C)(C)C)C2)c1. The second-order valence-electron chi connectivity index (χ2n) is 9.94. The summed E-state index contributed by atoms with van der Waals surface area (Å²) in [6.07, 6.45) is 5.62. The van der Waals surface area contributed by atoms with Gasteiger partial charge in [-0.05, 0) is 29.4 Å². The Kier molecular flexibility index (Phi) is 5.38. The highest BCUT2D eigenvalue weighted by atomic mass is 16.5. The third kappa shape index (κ3) is 3.84. The minimum Gasteiger partial charge on any atom is -0.497 e.